The minimum absolute atomic E-state index is 0.0609. The first kappa shape index (κ1) is 27.2. The Morgan fingerprint density at radius 1 is 1.12 bits per heavy atom. The van der Waals surface area contributed by atoms with Crippen molar-refractivity contribution in [1.82, 2.24) is 19.9 Å². The molecule has 3 fully saturated rings. The van der Waals surface area contributed by atoms with Crippen molar-refractivity contribution in [3.8, 4) is 23.0 Å². The van der Waals surface area contributed by atoms with Gasteiger partial charge in [0.05, 0.1) is 16.5 Å². The number of aromatic hydroxyl groups is 1. The van der Waals surface area contributed by atoms with E-state index in [1.165, 1.54) is 30.5 Å². The number of phenols is 1. The van der Waals surface area contributed by atoms with E-state index in [-0.39, 0.29) is 47.1 Å². The molecule has 2 N–H and O–H groups in total. The Hall–Kier alpha value is -3.70. The van der Waals surface area contributed by atoms with Crippen LogP contribution in [-0.4, -0.2) is 80.2 Å². The average molecular weight is 580 g/mol. The summed E-state index contributed by atoms with van der Waals surface area (Å²) in [4.78, 5) is 17.5. The van der Waals surface area contributed by atoms with Gasteiger partial charge in [0.1, 0.15) is 41.4 Å². The van der Waals surface area contributed by atoms with Crippen LogP contribution in [0.4, 0.5) is 19.0 Å². The topological polar surface area (TPSA) is 94.8 Å². The largest absolute Gasteiger partial charge is 0.508 e. The molecule has 0 radical (unpaired) electrons. The number of aromatic nitrogens is 3. The molecule has 0 bridgehead atoms. The minimum atomic E-state index is -0.968. The second-order valence-electron chi connectivity index (χ2n) is 12.2. The molecule has 0 spiro atoms. The van der Waals surface area contributed by atoms with Crippen LogP contribution in [0.2, 0.25) is 0 Å². The average Bonchev–Trinajstić information content (AvgIpc) is 3.46. The highest BCUT2D eigenvalue weighted by atomic mass is 19.1. The first-order valence-electron chi connectivity index (χ1n) is 14.4. The van der Waals surface area contributed by atoms with Crippen LogP contribution in [0.15, 0.2) is 36.5 Å². The fourth-order valence-electron chi connectivity index (χ4n) is 7.12. The van der Waals surface area contributed by atoms with E-state index in [0.29, 0.717) is 48.9 Å². The normalized spacial score (nSPS) is 26.3. The smallest absolute Gasteiger partial charge is 0.319 e. The number of halogens is 3. The maximum absolute atomic E-state index is 16.5. The second-order valence-corrected chi connectivity index (χ2v) is 12.2. The standard InChI is InChI=1S/C31H32F3N5O3/c1-30(41)7-3-9-38(16-30)28-22-14-35-26(21-12-20(40)11-18-5-2-6-23(33)24(18)21)25(34)27(22)36-29(37-28)42-17-31-8-4-10-39(31)15-19(32)13-31/h2,5-6,11-12,14,19,40-41H,3-4,7-10,13,15-17H2,1H3/t19-,30-,31+/m1/s1. The van der Waals surface area contributed by atoms with Crippen LogP contribution in [0.1, 0.15) is 39.0 Å². The molecule has 3 saturated heterocycles. The molecule has 7 rings (SSSR count). The molecule has 2 aromatic heterocycles. The van der Waals surface area contributed by atoms with Crippen molar-refractivity contribution >= 4 is 27.5 Å². The van der Waals surface area contributed by atoms with Crippen molar-refractivity contribution in [3.05, 3.63) is 48.2 Å². The fourth-order valence-corrected chi connectivity index (χ4v) is 7.12. The molecule has 2 aromatic carbocycles. The Balaban J connectivity index is 1.36. The number of hydrogen-bond donors (Lipinski definition) is 2. The highest BCUT2D eigenvalue weighted by Gasteiger charge is 2.49. The van der Waals surface area contributed by atoms with E-state index >= 15 is 4.39 Å². The van der Waals surface area contributed by atoms with Crippen molar-refractivity contribution in [3.63, 3.8) is 0 Å². The monoisotopic (exact) mass is 579 g/mol. The summed E-state index contributed by atoms with van der Waals surface area (Å²) in [6.07, 6.45) is 3.93. The van der Waals surface area contributed by atoms with Crippen LogP contribution in [0.5, 0.6) is 11.8 Å². The zero-order chi connectivity index (χ0) is 29.2. The molecule has 42 heavy (non-hydrogen) atoms. The van der Waals surface area contributed by atoms with Gasteiger partial charge in [0, 0.05) is 43.2 Å². The van der Waals surface area contributed by atoms with Gasteiger partial charge in [-0.25, -0.2) is 13.2 Å². The van der Waals surface area contributed by atoms with E-state index in [2.05, 4.69) is 19.9 Å². The van der Waals surface area contributed by atoms with Gasteiger partial charge in [-0.2, -0.15) is 9.97 Å². The lowest BCUT2D eigenvalue weighted by molar-refractivity contribution is 0.0447. The third-order valence-corrected chi connectivity index (χ3v) is 9.01. The summed E-state index contributed by atoms with van der Waals surface area (Å²) in [6, 6.07) is 7.05. The summed E-state index contributed by atoms with van der Waals surface area (Å²) in [6.45, 7) is 3.93. The van der Waals surface area contributed by atoms with E-state index in [9.17, 15) is 19.0 Å². The van der Waals surface area contributed by atoms with Gasteiger partial charge < -0.3 is 19.8 Å². The summed E-state index contributed by atoms with van der Waals surface area (Å²) in [5.41, 5.74) is -1.58. The zero-order valence-electron chi connectivity index (χ0n) is 23.3. The number of anilines is 1. The van der Waals surface area contributed by atoms with Crippen molar-refractivity contribution < 1.29 is 28.1 Å². The third kappa shape index (κ3) is 4.59. The third-order valence-electron chi connectivity index (χ3n) is 9.01. The van der Waals surface area contributed by atoms with Crippen LogP contribution in [0.3, 0.4) is 0 Å². The van der Waals surface area contributed by atoms with E-state index in [0.717, 1.165) is 19.4 Å². The number of β-amino-alcohol motifs (C(OH)–C–C–N with tert-alkyl or cyclic N) is 1. The van der Waals surface area contributed by atoms with Gasteiger partial charge in [0.2, 0.25) is 0 Å². The van der Waals surface area contributed by atoms with Gasteiger partial charge in [-0.05, 0) is 62.7 Å². The van der Waals surface area contributed by atoms with Gasteiger partial charge >= 0.3 is 6.01 Å². The highest BCUT2D eigenvalue weighted by Crippen LogP contribution is 2.41. The van der Waals surface area contributed by atoms with Gasteiger partial charge in [-0.15, -0.1) is 0 Å². The molecule has 0 saturated carbocycles. The van der Waals surface area contributed by atoms with E-state index in [1.807, 2.05) is 4.90 Å². The summed E-state index contributed by atoms with van der Waals surface area (Å²) in [7, 11) is 0. The van der Waals surface area contributed by atoms with Crippen LogP contribution in [0.25, 0.3) is 32.9 Å². The molecule has 3 aliphatic heterocycles. The van der Waals surface area contributed by atoms with Crippen molar-refractivity contribution in [2.24, 2.45) is 0 Å². The number of rotatable bonds is 5. The molecule has 0 aliphatic carbocycles. The van der Waals surface area contributed by atoms with Gasteiger partial charge in [0.25, 0.3) is 0 Å². The fraction of sp³-hybridized carbons (Fsp3) is 0.452. The number of hydrogen-bond acceptors (Lipinski definition) is 8. The zero-order valence-corrected chi connectivity index (χ0v) is 23.3. The lowest BCUT2D eigenvalue weighted by Gasteiger charge is -2.38. The van der Waals surface area contributed by atoms with Gasteiger partial charge in [-0.1, -0.05) is 12.1 Å². The maximum atomic E-state index is 16.5. The molecule has 5 heterocycles. The summed E-state index contributed by atoms with van der Waals surface area (Å²) < 4.78 is 52.0. The lowest BCUT2D eigenvalue weighted by atomic mass is 9.95. The number of alkyl halides is 1. The Morgan fingerprint density at radius 3 is 2.79 bits per heavy atom. The Kier molecular flexibility index (Phi) is 6.43. The van der Waals surface area contributed by atoms with E-state index in [1.54, 1.807) is 13.0 Å². The number of pyridine rings is 1. The molecule has 0 unspecified atom stereocenters. The highest BCUT2D eigenvalue weighted by molar-refractivity contribution is 6.00. The van der Waals surface area contributed by atoms with E-state index in [4.69, 9.17) is 4.74 Å². The number of piperidine rings is 1. The molecule has 0 amide bonds. The first-order chi connectivity index (χ1) is 20.1. The van der Waals surface area contributed by atoms with Crippen LogP contribution in [0, 0.1) is 11.6 Å². The van der Waals surface area contributed by atoms with Gasteiger partial charge in [-0.3, -0.25) is 9.88 Å². The number of phenolic OH excluding ortho intramolecular Hbond substituents is 1. The molecule has 3 aliphatic rings. The quantitative estimate of drug-likeness (QED) is 0.336. The van der Waals surface area contributed by atoms with Crippen molar-refractivity contribution in [2.45, 2.75) is 56.3 Å². The minimum Gasteiger partial charge on any atom is -0.508 e. The number of nitrogens with zero attached hydrogens (tertiary/aromatic N) is 5. The maximum Gasteiger partial charge on any atom is 0.319 e. The summed E-state index contributed by atoms with van der Waals surface area (Å²) in [5.74, 6) is -1.17. The van der Waals surface area contributed by atoms with E-state index < -0.39 is 28.9 Å². The Morgan fingerprint density at radius 2 is 1.95 bits per heavy atom. The number of ether oxygens (including phenoxy) is 1. The SMILES string of the molecule is C[C@@]1(O)CCCN(c2nc(OC[C@@]34CCCN3C[C@H](F)C4)nc3c(F)c(-c4cc(O)cc5cccc(F)c45)ncc23)C1. The van der Waals surface area contributed by atoms with Crippen LogP contribution < -0.4 is 9.64 Å². The number of fused-ring (bicyclic) bond motifs is 3. The molecular weight excluding hydrogens is 547 g/mol. The molecular formula is C31H32F3N5O3. The Labute approximate surface area is 240 Å². The van der Waals surface area contributed by atoms with Crippen molar-refractivity contribution in [1.29, 1.82) is 0 Å². The first-order valence-corrected chi connectivity index (χ1v) is 14.4. The summed E-state index contributed by atoms with van der Waals surface area (Å²) in [5, 5.41) is 22.0. The molecule has 3 atom stereocenters. The molecule has 4 aromatic rings. The molecule has 8 nitrogen and oxygen atoms in total. The van der Waals surface area contributed by atoms with Gasteiger partial charge in [0.15, 0.2) is 5.82 Å². The molecule has 11 heteroatoms. The van der Waals surface area contributed by atoms with Crippen LogP contribution >= 0.6 is 0 Å². The molecule has 220 valence electrons. The van der Waals surface area contributed by atoms with Crippen molar-refractivity contribution in [2.75, 3.05) is 37.7 Å². The van der Waals surface area contributed by atoms with Crippen LogP contribution in [-0.2, 0) is 0 Å². The number of benzene rings is 2. The predicted octanol–water partition coefficient (Wildman–Crippen LogP) is 5.14. The predicted molar refractivity (Wildman–Crippen MR) is 152 cm³/mol. The Bertz CT molecular complexity index is 1700. The summed E-state index contributed by atoms with van der Waals surface area (Å²) >= 11 is 0. The lowest BCUT2D eigenvalue weighted by Crippen LogP contribution is -2.46. The second kappa shape index (κ2) is 9.95. The number of aliphatic hydroxyl groups is 1.